The summed E-state index contributed by atoms with van der Waals surface area (Å²) in [5, 5.41) is 3.06. The van der Waals surface area contributed by atoms with Gasteiger partial charge >= 0.3 is 0 Å². The molecule has 0 atom stereocenters. The molecule has 0 saturated carbocycles. The van der Waals surface area contributed by atoms with Crippen LogP contribution in [0.25, 0.3) is 44.5 Å². The minimum atomic E-state index is -2.08. The summed E-state index contributed by atoms with van der Waals surface area (Å²) in [4.78, 5) is 8.88. The zero-order valence-electron chi connectivity index (χ0n) is 27.6. The van der Waals surface area contributed by atoms with Gasteiger partial charge in [0.1, 0.15) is 11.4 Å². The molecule has 0 fully saturated rings. The van der Waals surface area contributed by atoms with Crippen LogP contribution in [0.3, 0.4) is 0 Å². The average Bonchev–Trinajstić information content (AvgIpc) is 3.34. The van der Waals surface area contributed by atoms with Gasteiger partial charge in [-0.05, 0) is 40.7 Å². The van der Waals surface area contributed by atoms with Gasteiger partial charge in [-0.3, -0.25) is 0 Å². The SMILES string of the molecule is [2H]C(C)(C)c1ccnc(-c2[c-]ccc3c2oc2cc(F)ccc23)c1.[2H]C([2H])([2H])c1c[c-]c(-c2ccc([Si](C)(C)C)cn2)cc1.[Ir]. The standard InChI is InChI=1S/C20H15FNO.C15H18NSi.Ir/c1-12(2)13-8-9-22-18(10-13)17-5-3-4-16-15-7-6-14(21)11-19(15)23-20(16)17;1-12-5-7-13(8-6-12)15-10-9-14(11-16-15)17(2,3)4;/h3-4,6-12H,1-2H3;5-7,9-11H,1-4H3;/q2*-1;/i12D;1D3;. The van der Waals surface area contributed by atoms with Crippen molar-refractivity contribution < 1.29 is 34.4 Å². The fourth-order valence-electron chi connectivity index (χ4n) is 4.36. The third kappa shape index (κ3) is 6.90. The third-order valence-electron chi connectivity index (χ3n) is 6.71. The maximum atomic E-state index is 13.5. The molecule has 0 spiro atoms. The molecule has 0 aliphatic carbocycles. The molecule has 1 radical (unpaired) electrons. The van der Waals surface area contributed by atoms with E-state index in [0.29, 0.717) is 22.4 Å². The Morgan fingerprint density at radius 2 is 1.76 bits per heavy atom. The molecular weight excluding hydrogens is 704 g/mol. The first-order valence-electron chi connectivity index (χ1n) is 15.1. The smallest absolute Gasteiger partial charge is 0.126 e. The van der Waals surface area contributed by atoms with Gasteiger partial charge in [-0.2, -0.15) is 0 Å². The zero-order chi connectivity index (χ0) is 31.9. The Kier molecular flexibility index (Phi) is 7.77. The van der Waals surface area contributed by atoms with Crippen molar-refractivity contribution in [2.75, 3.05) is 0 Å². The first-order chi connectivity index (χ1) is 20.6. The number of aryl methyl sites for hydroxylation is 1. The summed E-state index contributed by atoms with van der Waals surface area (Å²) in [5.74, 6) is -1.05. The number of furan rings is 1. The van der Waals surface area contributed by atoms with Gasteiger partial charge < -0.3 is 14.4 Å². The number of halogens is 1. The molecule has 0 saturated heterocycles. The van der Waals surface area contributed by atoms with Crippen LogP contribution in [0, 0.1) is 24.8 Å². The number of nitrogens with zero attached hydrogens (tertiary/aromatic N) is 2. The predicted molar refractivity (Wildman–Crippen MR) is 166 cm³/mol. The molecule has 41 heavy (non-hydrogen) atoms. The first-order valence-corrected chi connectivity index (χ1v) is 16.6. The topological polar surface area (TPSA) is 38.9 Å². The number of aromatic nitrogens is 2. The van der Waals surface area contributed by atoms with Crippen LogP contribution in [-0.4, -0.2) is 18.0 Å². The van der Waals surface area contributed by atoms with E-state index in [9.17, 15) is 4.39 Å². The summed E-state index contributed by atoms with van der Waals surface area (Å²) < 4.78 is 49.6. The van der Waals surface area contributed by atoms with Gasteiger partial charge in [0.25, 0.3) is 0 Å². The van der Waals surface area contributed by atoms with Crippen LogP contribution in [0.4, 0.5) is 4.39 Å². The van der Waals surface area contributed by atoms with Crippen molar-refractivity contribution in [3.8, 4) is 22.5 Å². The van der Waals surface area contributed by atoms with E-state index in [2.05, 4.69) is 47.8 Å². The zero-order valence-corrected chi connectivity index (χ0v) is 27.0. The fraction of sp³-hybridized carbons (Fsp3) is 0.200. The molecule has 3 nitrogen and oxygen atoms in total. The van der Waals surface area contributed by atoms with Crippen molar-refractivity contribution in [1.82, 2.24) is 9.97 Å². The van der Waals surface area contributed by atoms with Gasteiger partial charge in [0, 0.05) is 49.4 Å². The molecule has 0 unspecified atom stereocenters. The Morgan fingerprint density at radius 3 is 2.41 bits per heavy atom. The molecule has 6 aromatic rings. The van der Waals surface area contributed by atoms with Gasteiger partial charge in [-0.1, -0.05) is 75.1 Å². The van der Waals surface area contributed by atoms with Crippen molar-refractivity contribution in [2.45, 2.75) is 46.2 Å². The Labute approximate surface area is 261 Å². The number of rotatable bonds is 4. The third-order valence-corrected chi connectivity index (χ3v) is 8.73. The van der Waals surface area contributed by atoms with Gasteiger partial charge in [-0.15, -0.1) is 53.6 Å². The maximum absolute atomic E-state index is 13.5. The minimum absolute atomic E-state index is 0. The van der Waals surface area contributed by atoms with Crippen molar-refractivity contribution in [1.29, 1.82) is 0 Å². The second-order valence-electron chi connectivity index (χ2n) is 10.9. The average molecular weight is 741 g/mol. The molecule has 0 N–H and O–H groups in total. The van der Waals surface area contributed by atoms with Crippen LogP contribution in [0.15, 0.2) is 89.6 Å². The molecular formula is C35H33FIrN2OSi-2. The largest absolute Gasteiger partial charge is 0.500 e. The van der Waals surface area contributed by atoms with E-state index in [1.807, 2.05) is 50.4 Å². The molecule has 0 aliphatic rings. The summed E-state index contributed by atoms with van der Waals surface area (Å²) in [5.41, 5.74) is 5.35. The van der Waals surface area contributed by atoms with E-state index in [1.54, 1.807) is 24.4 Å². The molecule has 6 heteroatoms. The van der Waals surface area contributed by atoms with Crippen LogP contribution in [0.1, 0.15) is 36.4 Å². The van der Waals surface area contributed by atoms with Gasteiger partial charge in [0.15, 0.2) is 0 Å². The first kappa shape index (κ1) is 25.3. The number of benzene rings is 3. The van der Waals surface area contributed by atoms with E-state index in [4.69, 9.17) is 9.90 Å². The van der Waals surface area contributed by atoms with Crippen LogP contribution in [0.2, 0.25) is 19.6 Å². The van der Waals surface area contributed by atoms with E-state index in [1.165, 1.54) is 23.4 Å². The van der Waals surface area contributed by atoms with Crippen LogP contribution in [-0.2, 0) is 20.1 Å². The number of pyridine rings is 2. The Hall–Kier alpha value is -3.44. The summed E-state index contributed by atoms with van der Waals surface area (Å²) in [6.07, 6.45) is 3.61. The summed E-state index contributed by atoms with van der Waals surface area (Å²) in [6.45, 7) is 8.42. The summed E-state index contributed by atoms with van der Waals surface area (Å²) >= 11 is 0. The van der Waals surface area contributed by atoms with E-state index in [0.717, 1.165) is 33.2 Å². The quantitative estimate of drug-likeness (QED) is 0.134. The Bertz CT molecular complexity index is 1870. The van der Waals surface area contributed by atoms with Crippen molar-refractivity contribution in [3.63, 3.8) is 0 Å². The van der Waals surface area contributed by atoms with Crippen molar-refractivity contribution in [2.24, 2.45) is 0 Å². The van der Waals surface area contributed by atoms with Gasteiger partial charge in [0.05, 0.1) is 13.7 Å². The number of fused-ring (bicyclic) bond motifs is 3. The van der Waals surface area contributed by atoms with Crippen LogP contribution >= 0.6 is 0 Å². The van der Waals surface area contributed by atoms with Gasteiger partial charge in [0.2, 0.25) is 0 Å². The van der Waals surface area contributed by atoms with Crippen LogP contribution in [0.5, 0.6) is 0 Å². The normalized spacial score (nSPS) is 13.3. The fourth-order valence-corrected chi connectivity index (χ4v) is 5.40. The molecule has 211 valence electrons. The molecule has 0 bridgehead atoms. The van der Waals surface area contributed by atoms with Crippen molar-refractivity contribution in [3.05, 3.63) is 114 Å². The van der Waals surface area contributed by atoms with E-state index in [-0.39, 0.29) is 25.9 Å². The van der Waals surface area contributed by atoms with E-state index >= 15 is 0 Å². The summed E-state index contributed by atoms with van der Waals surface area (Å²) in [6, 6.07) is 27.1. The van der Waals surface area contributed by atoms with Crippen LogP contribution < -0.4 is 5.19 Å². The molecule has 0 aliphatic heterocycles. The molecule has 3 aromatic heterocycles. The van der Waals surface area contributed by atoms with E-state index < -0.39 is 20.8 Å². The second kappa shape index (κ2) is 12.6. The molecule has 3 aromatic carbocycles. The second-order valence-corrected chi connectivity index (χ2v) is 16.0. The minimum Gasteiger partial charge on any atom is -0.500 e. The summed E-state index contributed by atoms with van der Waals surface area (Å²) in [7, 11) is -1.34. The predicted octanol–water partition coefficient (Wildman–Crippen LogP) is 9.11. The molecule has 0 amide bonds. The Morgan fingerprint density at radius 1 is 0.927 bits per heavy atom. The van der Waals surface area contributed by atoms with Gasteiger partial charge in [-0.25, -0.2) is 4.39 Å². The maximum Gasteiger partial charge on any atom is 0.126 e. The number of hydrogen-bond donors (Lipinski definition) is 0. The monoisotopic (exact) mass is 741 g/mol. The van der Waals surface area contributed by atoms with Crippen molar-refractivity contribution >= 4 is 35.2 Å². The Balaban J connectivity index is 0.000000204. The number of hydrogen-bond acceptors (Lipinski definition) is 3. The molecule has 3 heterocycles. The molecule has 6 rings (SSSR count).